The maximum atomic E-state index is 14.1. The fourth-order valence-electron chi connectivity index (χ4n) is 2.28. The summed E-state index contributed by atoms with van der Waals surface area (Å²) in [5, 5.41) is 6.41. The van der Waals surface area contributed by atoms with Crippen LogP contribution in [0.4, 0.5) is 18.9 Å². The molecule has 0 spiro atoms. The van der Waals surface area contributed by atoms with E-state index in [1.165, 1.54) is 59.8 Å². The number of ether oxygens (including phenoxy) is 1. The van der Waals surface area contributed by atoms with Crippen molar-refractivity contribution in [3.63, 3.8) is 0 Å². The Morgan fingerprint density at radius 1 is 1.19 bits per heavy atom. The van der Waals surface area contributed by atoms with Crippen molar-refractivity contribution >= 4 is 11.6 Å². The third-order valence-corrected chi connectivity index (χ3v) is 3.41. The number of carbonyl (C=O) groups is 1. The Kier molecular flexibility index (Phi) is 5.16. The Balaban J connectivity index is 1.62. The Bertz CT molecular complexity index is 884. The average Bonchev–Trinajstić information content (AvgIpc) is 3.10. The van der Waals surface area contributed by atoms with E-state index in [9.17, 15) is 18.0 Å². The Hall–Kier alpha value is -3.36. The molecule has 0 bridgehead atoms. The third-order valence-electron chi connectivity index (χ3n) is 3.41. The molecule has 1 heterocycles. The van der Waals surface area contributed by atoms with Crippen molar-refractivity contribution in [2.75, 3.05) is 5.32 Å². The molecule has 0 radical (unpaired) electrons. The van der Waals surface area contributed by atoms with Gasteiger partial charge in [0.1, 0.15) is 24.1 Å². The van der Waals surface area contributed by atoms with Gasteiger partial charge in [0, 0.05) is 5.69 Å². The minimum absolute atomic E-state index is 0.00139. The Morgan fingerprint density at radius 3 is 2.58 bits per heavy atom. The molecule has 0 aliphatic carbocycles. The number of aromatic nitrogens is 3. The number of alkyl halides is 2. The summed E-state index contributed by atoms with van der Waals surface area (Å²) in [6.07, 6.45) is 2.65. The topological polar surface area (TPSA) is 69.0 Å². The van der Waals surface area contributed by atoms with Crippen LogP contribution in [0.15, 0.2) is 55.1 Å². The number of benzene rings is 2. The van der Waals surface area contributed by atoms with E-state index in [4.69, 9.17) is 0 Å². The highest BCUT2D eigenvalue weighted by atomic mass is 19.3. The molecule has 0 unspecified atom stereocenters. The molecule has 0 atom stereocenters. The van der Waals surface area contributed by atoms with Crippen molar-refractivity contribution in [3.05, 3.63) is 66.5 Å². The summed E-state index contributed by atoms with van der Waals surface area (Å²) in [6.45, 7) is -2.90. The fourth-order valence-corrected chi connectivity index (χ4v) is 2.28. The second-order valence-corrected chi connectivity index (χ2v) is 5.25. The standard InChI is InChI=1S/C17H13F3N4O2/c18-14-8-12(3-6-15(14)24-10-21-9-22-24)23-16(25)7-11-1-4-13(5-2-11)26-17(19)20/h1-6,8-10,17H,7H2,(H,23,25). The molecule has 0 aliphatic heterocycles. The number of hydrogen-bond donors (Lipinski definition) is 1. The quantitative estimate of drug-likeness (QED) is 0.731. The SMILES string of the molecule is O=C(Cc1ccc(OC(F)F)cc1)Nc1ccc(-n2cncn2)c(F)c1. The summed E-state index contributed by atoms with van der Waals surface area (Å²) in [7, 11) is 0. The largest absolute Gasteiger partial charge is 0.435 e. The van der Waals surface area contributed by atoms with E-state index >= 15 is 0 Å². The van der Waals surface area contributed by atoms with E-state index in [0.717, 1.165) is 0 Å². The predicted octanol–water partition coefficient (Wildman–Crippen LogP) is 3.19. The molecular formula is C17H13F3N4O2. The summed E-state index contributed by atoms with van der Waals surface area (Å²) in [4.78, 5) is 15.8. The van der Waals surface area contributed by atoms with Crippen molar-refractivity contribution in [3.8, 4) is 11.4 Å². The third kappa shape index (κ3) is 4.38. The highest BCUT2D eigenvalue weighted by Gasteiger charge is 2.10. The van der Waals surface area contributed by atoms with Crippen LogP contribution in [-0.2, 0) is 11.2 Å². The number of carbonyl (C=O) groups excluding carboxylic acids is 1. The summed E-state index contributed by atoms with van der Waals surface area (Å²) in [5.41, 5.74) is 1.09. The fraction of sp³-hybridized carbons (Fsp3) is 0.118. The van der Waals surface area contributed by atoms with E-state index < -0.39 is 12.4 Å². The number of rotatable bonds is 6. The maximum absolute atomic E-state index is 14.1. The molecular weight excluding hydrogens is 349 g/mol. The number of nitrogens with one attached hydrogen (secondary N) is 1. The first-order valence-electron chi connectivity index (χ1n) is 7.49. The molecule has 9 heteroatoms. The van der Waals surface area contributed by atoms with E-state index in [1.807, 2.05) is 0 Å². The van der Waals surface area contributed by atoms with Crippen molar-refractivity contribution < 1.29 is 22.7 Å². The van der Waals surface area contributed by atoms with E-state index in [-0.39, 0.29) is 29.5 Å². The van der Waals surface area contributed by atoms with Gasteiger partial charge >= 0.3 is 6.61 Å². The van der Waals surface area contributed by atoms with Crippen LogP contribution in [0.5, 0.6) is 5.75 Å². The van der Waals surface area contributed by atoms with Crippen LogP contribution < -0.4 is 10.1 Å². The molecule has 0 aliphatic rings. The molecule has 0 saturated carbocycles. The molecule has 3 aromatic rings. The molecule has 1 N–H and O–H groups in total. The highest BCUT2D eigenvalue weighted by Crippen LogP contribution is 2.18. The normalized spacial score (nSPS) is 10.8. The zero-order chi connectivity index (χ0) is 18.5. The van der Waals surface area contributed by atoms with E-state index in [1.54, 1.807) is 0 Å². The lowest BCUT2D eigenvalue weighted by molar-refractivity contribution is -0.115. The minimum Gasteiger partial charge on any atom is -0.435 e. The highest BCUT2D eigenvalue weighted by molar-refractivity contribution is 5.92. The lowest BCUT2D eigenvalue weighted by Crippen LogP contribution is -2.14. The summed E-state index contributed by atoms with van der Waals surface area (Å²) < 4.78 is 43.8. The van der Waals surface area contributed by atoms with Gasteiger partial charge in [-0.2, -0.15) is 13.9 Å². The van der Waals surface area contributed by atoms with Gasteiger partial charge in [-0.15, -0.1) is 0 Å². The molecule has 1 aromatic heterocycles. The number of hydrogen-bond acceptors (Lipinski definition) is 4. The molecule has 134 valence electrons. The second kappa shape index (κ2) is 7.68. The number of anilines is 1. The van der Waals surface area contributed by atoms with Crippen molar-refractivity contribution in [2.24, 2.45) is 0 Å². The molecule has 0 saturated heterocycles. The van der Waals surface area contributed by atoms with Crippen LogP contribution in [0.1, 0.15) is 5.56 Å². The summed E-state index contributed by atoms with van der Waals surface area (Å²) >= 11 is 0. The number of amides is 1. The number of nitrogens with zero attached hydrogens (tertiary/aromatic N) is 3. The minimum atomic E-state index is -2.90. The van der Waals surface area contributed by atoms with E-state index in [2.05, 4.69) is 20.1 Å². The average molecular weight is 362 g/mol. The van der Waals surface area contributed by atoms with Gasteiger partial charge in [-0.25, -0.2) is 14.1 Å². The smallest absolute Gasteiger partial charge is 0.387 e. The van der Waals surface area contributed by atoms with E-state index in [0.29, 0.717) is 5.56 Å². The monoisotopic (exact) mass is 362 g/mol. The van der Waals surface area contributed by atoms with Crippen LogP contribution in [0, 0.1) is 5.82 Å². The number of halogens is 3. The maximum Gasteiger partial charge on any atom is 0.387 e. The van der Waals surface area contributed by atoms with Gasteiger partial charge in [0.15, 0.2) is 5.82 Å². The van der Waals surface area contributed by atoms with Crippen LogP contribution in [0.25, 0.3) is 5.69 Å². The lowest BCUT2D eigenvalue weighted by atomic mass is 10.1. The van der Waals surface area contributed by atoms with Crippen molar-refractivity contribution in [1.82, 2.24) is 14.8 Å². The lowest BCUT2D eigenvalue weighted by Gasteiger charge is -2.09. The Labute approximate surface area is 146 Å². The van der Waals surface area contributed by atoms with Crippen molar-refractivity contribution in [1.29, 1.82) is 0 Å². The van der Waals surface area contributed by atoms with Gasteiger partial charge in [0.2, 0.25) is 5.91 Å². The first-order valence-corrected chi connectivity index (χ1v) is 7.49. The van der Waals surface area contributed by atoms with Gasteiger partial charge < -0.3 is 10.1 Å². The Morgan fingerprint density at radius 2 is 1.96 bits per heavy atom. The molecule has 3 rings (SSSR count). The van der Waals surface area contributed by atoms with Crippen LogP contribution >= 0.6 is 0 Å². The van der Waals surface area contributed by atoms with Gasteiger partial charge in [-0.3, -0.25) is 4.79 Å². The van der Waals surface area contributed by atoms with Crippen LogP contribution in [-0.4, -0.2) is 27.3 Å². The summed E-state index contributed by atoms with van der Waals surface area (Å²) in [5.74, 6) is -0.933. The molecule has 1 amide bonds. The van der Waals surface area contributed by atoms with Crippen LogP contribution in [0.2, 0.25) is 0 Å². The van der Waals surface area contributed by atoms with Crippen molar-refractivity contribution in [2.45, 2.75) is 13.0 Å². The summed E-state index contributed by atoms with van der Waals surface area (Å²) in [6, 6.07) is 9.89. The molecule has 26 heavy (non-hydrogen) atoms. The molecule has 2 aromatic carbocycles. The van der Waals surface area contributed by atoms with Crippen LogP contribution in [0.3, 0.4) is 0 Å². The van der Waals surface area contributed by atoms with Gasteiger partial charge in [0.25, 0.3) is 0 Å². The van der Waals surface area contributed by atoms with Gasteiger partial charge in [-0.05, 0) is 35.9 Å². The van der Waals surface area contributed by atoms with Gasteiger partial charge in [-0.1, -0.05) is 12.1 Å². The zero-order valence-electron chi connectivity index (χ0n) is 13.3. The molecule has 6 nitrogen and oxygen atoms in total. The zero-order valence-corrected chi connectivity index (χ0v) is 13.3. The predicted molar refractivity (Wildman–Crippen MR) is 86.7 cm³/mol. The van der Waals surface area contributed by atoms with Gasteiger partial charge in [0.05, 0.1) is 6.42 Å². The first-order chi connectivity index (χ1) is 12.5. The first kappa shape index (κ1) is 17.5. The molecule has 0 fully saturated rings. The second-order valence-electron chi connectivity index (χ2n) is 5.25.